The summed E-state index contributed by atoms with van der Waals surface area (Å²) in [5.41, 5.74) is 1.89. The van der Waals surface area contributed by atoms with E-state index in [0.29, 0.717) is 31.0 Å². The molecule has 6 heteroatoms. The number of aromatic hydroxyl groups is 1. The molecule has 2 N–H and O–H groups in total. The first-order valence-corrected chi connectivity index (χ1v) is 8.97. The molecule has 1 fully saturated rings. The molecule has 1 saturated heterocycles. The molecule has 138 valence electrons. The van der Waals surface area contributed by atoms with Crippen LogP contribution in [0.15, 0.2) is 12.1 Å². The Balaban J connectivity index is 2.13. The number of carbonyl (C=O) groups excluding carboxylic acids is 2. The Morgan fingerprint density at radius 2 is 2.04 bits per heavy atom. The first-order chi connectivity index (χ1) is 12.0. The van der Waals surface area contributed by atoms with Crippen molar-refractivity contribution in [3.05, 3.63) is 28.8 Å². The molecule has 1 amide bonds. The number of hydrogen-bond donors (Lipinski definition) is 2. The van der Waals surface area contributed by atoms with Crippen LogP contribution in [-0.2, 0) is 11.3 Å². The lowest BCUT2D eigenvalue weighted by atomic mass is 10.0. The Labute approximate surface area is 149 Å². The van der Waals surface area contributed by atoms with E-state index in [0.717, 1.165) is 56.6 Å². The number of phenolic OH excluding ortho intramolecular Hbond substituents is 1. The molecule has 2 rings (SSSR count). The van der Waals surface area contributed by atoms with Crippen LogP contribution in [0.25, 0.3) is 0 Å². The summed E-state index contributed by atoms with van der Waals surface area (Å²) in [5.74, 6) is 0.0720. The second-order valence-electron chi connectivity index (χ2n) is 6.84. The average Bonchev–Trinajstić information content (AvgIpc) is 2.64. The van der Waals surface area contributed by atoms with Crippen LogP contribution in [0.4, 0.5) is 0 Å². The van der Waals surface area contributed by atoms with E-state index in [2.05, 4.69) is 17.1 Å². The fourth-order valence-electron chi connectivity index (χ4n) is 3.14. The van der Waals surface area contributed by atoms with E-state index >= 15 is 0 Å². The molecular weight excluding hydrogens is 318 g/mol. The molecule has 0 radical (unpaired) electrons. The van der Waals surface area contributed by atoms with Gasteiger partial charge in [0.2, 0.25) is 6.41 Å². The molecule has 0 saturated carbocycles. The van der Waals surface area contributed by atoms with Crippen molar-refractivity contribution < 1.29 is 14.7 Å². The minimum absolute atomic E-state index is 0.0720. The highest BCUT2D eigenvalue weighted by Crippen LogP contribution is 2.25. The third kappa shape index (κ3) is 5.54. The molecular formula is C19H29N3O3. The number of benzene rings is 1. The van der Waals surface area contributed by atoms with Gasteiger partial charge in [0.05, 0.1) is 5.56 Å². The van der Waals surface area contributed by atoms with Gasteiger partial charge in [-0.3, -0.25) is 14.5 Å². The lowest BCUT2D eigenvalue weighted by molar-refractivity contribution is -0.118. The first kappa shape index (κ1) is 19.4. The number of carbonyl (C=O) groups is 2. The molecule has 0 aromatic heterocycles. The van der Waals surface area contributed by atoms with E-state index in [9.17, 15) is 14.7 Å². The largest absolute Gasteiger partial charge is 0.507 e. The van der Waals surface area contributed by atoms with Gasteiger partial charge >= 0.3 is 0 Å². The van der Waals surface area contributed by atoms with Gasteiger partial charge in [-0.1, -0.05) is 12.1 Å². The van der Waals surface area contributed by atoms with E-state index in [1.165, 1.54) is 0 Å². The Bertz CT molecular complexity index is 592. The van der Waals surface area contributed by atoms with Crippen molar-refractivity contribution in [2.45, 2.75) is 39.3 Å². The van der Waals surface area contributed by atoms with E-state index in [1.54, 1.807) is 4.90 Å². The maximum atomic E-state index is 11.2. The fourth-order valence-corrected chi connectivity index (χ4v) is 3.14. The van der Waals surface area contributed by atoms with E-state index in [-0.39, 0.29) is 5.75 Å². The summed E-state index contributed by atoms with van der Waals surface area (Å²) in [6.45, 7) is 8.49. The minimum Gasteiger partial charge on any atom is -0.507 e. The number of rotatable bonds is 4. The molecule has 0 aliphatic carbocycles. The Morgan fingerprint density at radius 3 is 2.76 bits per heavy atom. The zero-order chi connectivity index (χ0) is 18.2. The van der Waals surface area contributed by atoms with Gasteiger partial charge in [0.1, 0.15) is 5.75 Å². The molecule has 1 atom stereocenters. The van der Waals surface area contributed by atoms with Crippen LogP contribution in [-0.4, -0.2) is 66.4 Å². The molecule has 0 spiro atoms. The van der Waals surface area contributed by atoms with Crippen LogP contribution in [0.3, 0.4) is 0 Å². The van der Waals surface area contributed by atoms with Crippen LogP contribution in [0, 0.1) is 6.92 Å². The van der Waals surface area contributed by atoms with Crippen LogP contribution in [0.2, 0.25) is 0 Å². The normalized spacial score (nSPS) is 20.7. The molecule has 6 nitrogen and oxygen atoms in total. The van der Waals surface area contributed by atoms with Gasteiger partial charge in [0, 0.05) is 44.3 Å². The summed E-state index contributed by atoms with van der Waals surface area (Å²) < 4.78 is 0. The molecule has 25 heavy (non-hydrogen) atoms. The predicted octanol–water partition coefficient (Wildman–Crippen LogP) is 1.55. The van der Waals surface area contributed by atoms with Crippen molar-refractivity contribution in [2.24, 2.45) is 0 Å². The summed E-state index contributed by atoms with van der Waals surface area (Å²) >= 11 is 0. The molecule has 1 unspecified atom stereocenters. The smallest absolute Gasteiger partial charge is 0.209 e. The first-order valence-electron chi connectivity index (χ1n) is 8.97. The van der Waals surface area contributed by atoms with Gasteiger partial charge in [-0.05, 0) is 38.8 Å². The van der Waals surface area contributed by atoms with E-state index < -0.39 is 0 Å². The van der Waals surface area contributed by atoms with Gasteiger partial charge in [-0.15, -0.1) is 0 Å². The maximum Gasteiger partial charge on any atom is 0.209 e. The van der Waals surface area contributed by atoms with Crippen LogP contribution in [0.1, 0.15) is 41.3 Å². The highest BCUT2D eigenvalue weighted by molar-refractivity contribution is 5.82. The van der Waals surface area contributed by atoms with Crippen molar-refractivity contribution in [3.63, 3.8) is 0 Å². The van der Waals surface area contributed by atoms with Crippen molar-refractivity contribution in [2.75, 3.05) is 32.7 Å². The summed E-state index contributed by atoms with van der Waals surface area (Å²) in [7, 11) is 0. The standard InChI is InChI=1S/C19H29N3O3/c1-15-4-5-17(19(25)18(15)13-23)12-21-9-6-16(2)20-7-3-8-22(14-24)11-10-21/h4-5,13-14,16,20,25H,3,6-12H2,1-2H3. The van der Waals surface area contributed by atoms with Gasteiger partial charge in [-0.25, -0.2) is 0 Å². The second-order valence-corrected chi connectivity index (χ2v) is 6.84. The van der Waals surface area contributed by atoms with Crippen molar-refractivity contribution in [1.82, 2.24) is 15.1 Å². The van der Waals surface area contributed by atoms with Crippen molar-refractivity contribution in [3.8, 4) is 5.75 Å². The molecule has 0 bridgehead atoms. The number of aldehydes is 1. The maximum absolute atomic E-state index is 11.2. The van der Waals surface area contributed by atoms with Gasteiger partial charge in [0.25, 0.3) is 0 Å². The third-order valence-corrected chi connectivity index (χ3v) is 4.88. The van der Waals surface area contributed by atoms with E-state index in [1.807, 2.05) is 19.1 Å². The molecule has 1 aromatic carbocycles. The number of phenols is 1. The number of amides is 1. The topological polar surface area (TPSA) is 72.9 Å². The Hall–Kier alpha value is -1.92. The van der Waals surface area contributed by atoms with Gasteiger partial charge in [0.15, 0.2) is 6.29 Å². The fraction of sp³-hybridized carbons (Fsp3) is 0.579. The van der Waals surface area contributed by atoms with Gasteiger partial charge < -0.3 is 15.3 Å². The van der Waals surface area contributed by atoms with Crippen LogP contribution < -0.4 is 5.32 Å². The third-order valence-electron chi connectivity index (χ3n) is 4.88. The average molecular weight is 347 g/mol. The Morgan fingerprint density at radius 1 is 1.24 bits per heavy atom. The molecule has 1 heterocycles. The molecule has 1 aliphatic heterocycles. The summed E-state index contributed by atoms with van der Waals surface area (Å²) in [5, 5.41) is 13.9. The summed E-state index contributed by atoms with van der Waals surface area (Å²) in [4.78, 5) is 26.5. The number of hydrogen-bond acceptors (Lipinski definition) is 5. The molecule has 1 aliphatic rings. The highest BCUT2D eigenvalue weighted by atomic mass is 16.3. The van der Waals surface area contributed by atoms with Crippen LogP contribution >= 0.6 is 0 Å². The lowest BCUT2D eigenvalue weighted by Crippen LogP contribution is -2.36. The zero-order valence-electron chi connectivity index (χ0n) is 15.2. The van der Waals surface area contributed by atoms with E-state index in [4.69, 9.17) is 0 Å². The van der Waals surface area contributed by atoms with Crippen molar-refractivity contribution >= 4 is 12.7 Å². The predicted molar refractivity (Wildman–Crippen MR) is 97.8 cm³/mol. The summed E-state index contributed by atoms with van der Waals surface area (Å²) in [6.07, 6.45) is 3.56. The summed E-state index contributed by atoms with van der Waals surface area (Å²) in [6, 6.07) is 4.15. The lowest BCUT2D eigenvalue weighted by Gasteiger charge is -2.26. The second kappa shape index (κ2) is 9.53. The molecule has 1 aromatic rings. The number of nitrogens with one attached hydrogen (secondary N) is 1. The zero-order valence-corrected chi connectivity index (χ0v) is 15.2. The SMILES string of the molecule is Cc1ccc(CN2CCC(C)NCCCN(C=O)CC2)c(O)c1C=O. The number of nitrogens with zero attached hydrogens (tertiary/aromatic N) is 2. The highest BCUT2D eigenvalue weighted by Gasteiger charge is 2.16. The number of aryl methyl sites for hydroxylation is 1. The van der Waals surface area contributed by atoms with Gasteiger partial charge in [-0.2, -0.15) is 0 Å². The van der Waals surface area contributed by atoms with Crippen LogP contribution in [0.5, 0.6) is 5.75 Å². The van der Waals surface area contributed by atoms with Crippen molar-refractivity contribution in [1.29, 1.82) is 0 Å². The Kier molecular flexibility index (Phi) is 7.40. The quantitative estimate of drug-likeness (QED) is 0.809. The minimum atomic E-state index is 0.0720. The monoisotopic (exact) mass is 347 g/mol.